The van der Waals surface area contributed by atoms with Crippen LogP contribution in [0, 0.1) is 5.92 Å². The molecule has 94 valence electrons. The normalized spacial score (nSPS) is 15.8. The molecular weight excluding hydrogens is 242 g/mol. The lowest BCUT2D eigenvalue weighted by Crippen LogP contribution is -2.21. The number of nitrogens with two attached hydrogens (primary N) is 1. The number of nitrogens with zero attached hydrogens (tertiary/aromatic N) is 2. The van der Waals surface area contributed by atoms with E-state index in [2.05, 4.69) is 27.8 Å². The zero-order valence-corrected chi connectivity index (χ0v) is 11.1. The summed E-state index contributed by atoms with van der Waals surface area (Å²) >= 11 is 5.02. The Kier molecular flexibility index (Phi) is 3.04. The molecule has 0 unspecified atom stereocenters. The summed E-state index contributed by atoms with van der Waals surface area (Å²) in [5, 5.41) is 0. The van der Waals surface area contributed by atoms with Gasteiger partial charge in [0.25, 0.3) is 0 Å². The van der Waals surface area contributed by atoms with Crippen LogP contribution in [0.5, 0.6) is 0 Å². The Hall–Kier alpha value is -1.42. The number of imidazole rings is 1. The van der Waals surface area contributed by atoms with Crippen LogP contribution >= 0.6 is 12.2 Å². The Morgan fingerprint density at radius 2 is 2.17 bits per heavy atom. The minimum absolute atomic E-state index is 0.514. The number of aromatic nitrogens is 2. The quantitative estimate of drug-likeness (QED) is 0.859. The van der Waals surface area contributed by atoms with Gasteiger partial charge in [-0.3, -0.25) is 0 Å². The summed E-state index contributed by atoms with van der Waals surface area (Å²) in [4.78, 5) is 5.17. The van der Waals surface area contributed by atoms with Crippen molar-refractivity contribution >= 4 is 28.2 Å². The zero-order valence-electron chi connectivity index (χ0n) is 10.3. The number of hydrogen-bond donors (Lipinski definition) is 1. The van der Waals surface area contributed by atoms with Gasteiger partial charge in [0.2, 0.25) is 0 Å². The molecule has 1 saturated carbocycles. The summed E-state index contributed by atoms with van der Waals surface area (Å²) in [5.41, 5.74) is 7.92. The Balaban J connectivity index is 2.01. The van der Waals surface area contributed by atoms with Crippen LogP contribution in [0.1, 0.15) is 25.1 Å². The smallest absolute Gasteiger partial charge is 0.116 e. The molecule has 2 aromatic rings. The predicted octanol–water partition coefficient (Wildman–Crippen LogP) is 2.67. The van der Waals surface area contributed by atoms with Crippen molar-refractivity contribution in [3.8, 4) is 0 Å². The van der Waals surface area contributed by atoms with Crippen molar-refractivity contribution < 1.29 is 0 Å². The third-order valence-electron chi connectivity index (χ3n) is 3.73. The summed E-state index contributed by atoms with van der Waals surface area (Å²) in [6.07, 6.45) is 4.62. The van der Waals surface area contributed by atoms with Gasteiger partial charge in [-0.15, -0.1) is 0 Å². The summed E-state index contributed by atoms with van der Waals surface area (Å²) in [5.74, 6) is 1.81. The Bertz CT molecular complexity index is 584. The maximum Gasteiger partial charge on any atom is 0.116 e. The van der Waals surface area contributed by atoms with E-state index in [0.29, 0.717) is 11.4 Å². The van der Waals surface area contributed by atoms with Crippen LogP contribution < -0.4 is 5.73 Å². The van der Waals surface area contributed by atoms with Gasteiger partial charge in [-0.2, -0.15) is 0 Å². The van der Waals surface area contributed by atoms with Crippen molar-refractivity contribution in [1.82, 2.24) is 9.55 Å². The molecule has 0 saturated heterocycles. The van der Waals surface area contributed by atoms with Gasteiger partial charge in [0, 0.05) is 6.54 Å². The van der Waals surface area contributed by atoms with Gasteiger partial charge >= 0.3 is 0 Å². The van der Waals surface area contributed by atoms with Crippen LogP contribution in [0.25, 0.3) is 11.0 Å². The van der Waals surface area contributed by atoms with Crippen molar-refractivity contribution in [2.45, 2.75) is 32.2 Å². The van der Waals surface area contributed by atoms with E-state index >= 15 is 0 Å². The largest absolute Gasteiger partial charge is 0.393 e. The number of rotatable bonds is 4. The van der Waals surface area contributed by atoms with Gasteiger partial charge in [-0.1, -0.05) is 30.8 Å². The van der Waals surface area contributed by atoms with E-state index < -0.39 is 0 Å². The Labute approximate surface area is 112 Å². The summed E-state index contributed by atoms with van der Waals surface area (Å²) < 4.78 is 2.30. The number of benzene rings is 1. The molecular formula is C14H17N3S. The highest BCUT2D eigenvalue weighted by atomic mass is 32.1. The molecule has 18 heavy (non-hydrogen) atoms. The van der Waals surface area contributed by atoms with Gasteiger partial charge in [0.05, 0.1) is 22.4 Å². The van der Waals surface area contributed by atoms with E-state index in [1.807, 2.05) is 6.07 Å². The first-order valence-corrected chi connectivity index (χ1v) is 6.87. The van der Waals surface area contributed by atoms with Crippen LogP contribution in [0.2, 0.25) is 0 Å². The minimum atomic E-state index is 0.514. The fourth-order valence-corrected chi connectivity index (χ4v) is 2.68. The van der Waals surface area contributed by atoms with E-state index in [0.717, 1.165) is 23.8 Å². The lowest BCUT2D eigenvalue weighted by molar-refractivity contribution is 0.277. The second-order valence-electron chi connectivity index (χ2n) is 5.07. The average molecular weight is 259 g/mol. The van der Waals surface area contributed by atoms with E-state index in [9.17, 15) is 0 Å². The third-order valence-corrected chi connectivity index (χ3v) is 3.88. The first-order chi connectivity index (χ1) is 8.74. The lowest BCUT2D eigenvalue weighted by atomic mass is 9.85. The molecule has 0 atom stereocenters. The summed E-state index contributed by atoms with van der Waals surface area (Å²) in [6.45, 7) is 1.05. The molecule has 1 heterocycles. The molecule has 1 aliphatic rings. The van der Waals surface area contributed by atoms with Crippen LogP contribution in [0.3, 0.4) is 0 Å². The van der Waals surface area contributed by atoms with Gasteiger partial charge in [0.15, 0.2) is 0 Å². The molecule has 0 bridgehead atoms. The van der Waals surface area contributed by atoms with Crippen molar-refractivity contribution in [1.29, 1.82) is 0 Å². The second-order valence-corrected chi connectivity index (χ2v) is 5.59. The predicted molar refractivity (Wildman–Crippen MR) is 77.6 cm³/mol. The SMILES string of the molecule is NC(=S)Cc1nc2ccccc2n1CC1CCC1. The van der Waals surface area contributed by atoms with E-state index in [-0.39, 0.29) is 0 Å². The highest BCUT2D eigenvalue weighted by molar-refractivity contribution is 7.80. The average Bonchev–Trinajstić information content (AvgIpc) is 2.60. The van der Waals surface area contributed by atoms with Crippen molar-refractivity contribution in [2.75, 3.05) is 0 Å². The molecule has 3 rings (SSSR count). The van der Waals surface area contributed by atoms with E-state index in [1.165, 1.54) is 24.8 Å². The Morgan fingerprint density at radius 1 is 1.39 bits per heavy atom. The molecule has 4 heteroatoms. The highest BCUT2D eigenvalue weighted by Gasteiger charge is 2.20. The first-order valence-electron chi connectivity index (χ1n) is 6.46. The molecule has 0 aliphatic heterocycles. The standard InChI is InChI=1S/C14H17N3S/c15-13(18)8-14-16-11-6-1-2-7-12(11)17(14)9-10-4-3-5-10/h1-2,6-7,10H,3-5,8-9H2,(H2,15,18). The topological polar surface area (TPSA) is 43.8 Å². The van der Waals surface area contributed by atoms with Crippen molar-refractivity contribution in [2.24, 2.45) is 11.7 Å². The molecule has 2 N–H and O–H groups in total. The summed E-state index contributed by atoms with van der Waals surface area (Å²) in [7, 11) is 0. The zero-order chi connectivity index (χ0) is 12.5. The molecule has 1 aromatic carbocycles. The monoisotopic (exact) mass is 259 g/mol. The van der Waals surface area contributed by atoms with Crippen molar-refractivity contribution in [3.05, 3.63) is 30.1 Å². The maximum atomic E-state index is 5.67. The number of hydrogen-bond acceptors (Lipinski definition) is 2. The lowest BCUT2D eigenvalue weighted by Gasteiger charge is -2.26. The number of fused-ring (bicyclic) bond motifs is 1. The fraction of sp³-hybridized carbons (Fsp3) is 0.429. The van der Waals surface area contributed by atoms with Crippen LogP contribution in [-0.2, 0) is 13.0 Å². The third kappa shape index (κ3) is 2.12. The van der Waals surface area contributed by atoms with Crippen LogP contribution in [-0.4, -0.2) is 14.5 Å². The number of thiocarbonyl (C=S) groups is 1. The van der Waals surface area contributed by atoms with Crippen molar-refractivity contribution in [3.63, 3.8) is 0 Å². The summed E-state index contributed by atoms with van der Waals surface area (Å²) in [6, 6.07) is 8.26. The molecule has 1 fully saturated rings. The van der Waals surface area contributed by atoms with Gasteiger partial charge < -0.3 is 10.3 Å². The highest BCUT2D eigenvalue weighted by Crippen LogP contribution is 2.30. The van der Waals surface area contributed by atoms with Crippen LogP contribution in [0.15, 0.2) is 24.3 Å². The second kappa shape index (κ2) is 4.69. The fourth-order valence-electron chi connectivity index (χ4n) is 2.55. The molecule has 1 aromatic heterocycles. The van der Waals surface area contributed by atoms with Gasteiger partial charge in [0.1, 0.15) is 5.82 Å². The molecule has 1 aliphatic carbocycles. The van der Waals surface area contributed by atoms with Crippen LogP contribution in [0.4, 0.5) is 0 Å². The molecule has 0 spiro atoms. The number of para-hydroxylation sites is 2. The van der Waals surface area contributed by atoms with Gasteiger partial charge in [-0.05, 0) is 30.9 Å². The minimum Gasteiger partial charge on any atom is -0.393 e. The molecule has 3 nitrogen and oxygen atoms in total. The molecule has 0 radical (unpaired) electrons. The van der Waals surface area contributed by atoms with E-state index in [4.69, 9.17) is 18.0 Å². The van der Waals surface area contributed by atoms with Gasteiger partial charge in [-0.25, -0.2) is 4.98 Å². The maximum absolute atomic E-state index is 5.67. The first kappa shape index (κ1) is 11.7. The Morgan fingerprint density at radius 3 is 2.83 bits per heavy atom. The van der Waals surface area contributed by atoms with E-state index in [1.54, 1.807) is 0 Å². The molecule has 0 amide bonds.